The lowest BCUT2D eigenvalue weighted by Crippen LogP contribution is -2.60. The summed E-state index contributed by atoms with van der Waals surface area (Å²) in [6.45, 7) is 5.21. The van der Waals surface area contributed by atoms with Crippen molar-refractivity contribution >= 4 is 29.6 Å². The Kier molecular flexibility index (Phi) is 10.5. The summed E-state index contributed by atoms with van der Waals surface area (Å²) in [5.74, 6) is -4.11. The third-order valence-corrected chi connectivity index (χ3v) is 5.74. The summed E-state index contributed by atoms with van der Waals surface area (Å²) < 4.78 is 0. The average molecular weight is 458 g/mol. The molecule has 0 saturated carbocycles. The molecule has 8 N–H and O–H groups in total. The Hall–Kier alpha value is -2.73. The van der Waals surface area contributed by atoms with Gasteiger partial charge in [0.1, 0.15) is 18.1 Å². The van der Waals surface area contributed by atoms with Gasteiger partial charge in [0.25, 0.3) is 0 Å². The Bertz CT molecular complexity index is 714. The van der Waals surface area contributed by atoms with Crippen LogP contribution in [0.1, 0.15) is 52.9 Å². The summed E-state index contributed by atoms with van der Waals surface area (Å²) in [4.78, 5) is 61.8. The van der Waals surface area contributed by atoms with E-state index in [4.69, 9.17) is 11.5 Å². The van der Waals surface area contributed by atoms with E-state index in [2.05, 4.69) is 10.6 Å². The highest BCUT2D eigenvalue weighted by Crippen LogP contribution is 2.20. The van der Waals surface area contributed by atoms with Crippen LogP contribution >= 0.6 is 0 Å². The minimum Gasteiger partial charge on any atom is -0.480 e. The monoisotopic (exact) mass is 457 g/mol. The highest BCUT2D eigenvalue weighted by Gasteiger charge is 2.40. The topological polar surface area (TPSA) is 205 Å². The quantitative estimate of drug-likeness (QED) is 0.194. The number of hydrogen-bond donors (Lipinski definition) is 6. The lowest BCUT2D eigenvalue weighted by molar-refractivity contribution is -0.146. The molecule has 1 aliphatic rings. The number of primary amides is 1. The summed E-state index contributed by atoms with van der Waals surface area (Å²) in [7, 11) is 0. The van der Waals surface area contributed by atoms with Crippen LogP contribution in [-0.2, 0) is 24.0 Å². The zero-order valence-electron chi connectivity index (χ0n) is 18.7. The predicted octanol–water partition coefficient (Wildman–Crippen LogP) is -1.95. The number of nitrogens with one attached hydrogen (secondary N) is 2. The molecule has 1 rings (SSSR count). The molecule has 0 aromatic carbocycles. The number of likely N-dealkylation sites (tertiary alicyclic amines) is 1. The first-order chi connectivity index (χ1) is 14.9. The Labute approximate surface area is 187 Å². The zero-order chi connectivity index (χ0) is 24.6. The van der Waals surface area contributed by atoms with Crippen molar-refractivity contribution in [3.63, 3.8) is 0 Å². The molecule has 12 nitrogen and oxygen atoms in total. The third kappa shape index (κ3) is 7.45. The molecule has 0 radical (unpaired) electrons. The van der Waals surface area contributed by atoms with E-state index in [0.29, 0.717) is 12.8 Å². The molecule has 1 aliphatic heterocycles. The number of nitrogens with zero attached hydrogens (tertiary/aromatic N) is 1. The smallest absolute Gasteiger partial charge is 0.326 e. The van der Waals surface area contributed by atoms with Gasteiger partial charge in [-0.1, -0.05) is 20.3 Å². The maximum Gasteiger partial charge on any atom is 0.326 e. The first kappa shape index (κ1) is 27.3. The number of amides is 4. The first-order valence-electron chi connectivity index (χ1n) is 10.8. The number of nitrogens with two attached hydrogens (primary N) is 2. The van der Waals surface area contributed by atoms with Crippen LogP contribution in [0.25, 0.3) is 0 Å². The van der Waals surface area contributed by atoms with E-state index in [-0.39, 0.29) is 31.7 Å². The molecule has 6 unspecified atom stereocenters. The fourth-order valence-corrected chi connectivity index (χ4v) is 3.44. The Balaban J connectivity index is 2.92. The predicted molar refractivity (Wildman–Crippen MR) is 114 cm³/mol. The Morgan fingerprint density at radius 2 is 1.78 bits per heavy atom. The van der Waals surface area contributed by atoms with E-state index >= 15 is 0 Å². The van der Waals surface area contributed by atoms with Crippen LogP contribution in [0.2, 0.25) is 0 Å². The highest BCUT2D eigenvalue weighted by atomic mass is 16.4. The lowest BCUT2D eigenvalue weighted by atomic mass is 9.98. The van der Waals surface area contributed by atoms with Crippen LogP contribution in [0, 0.1) is 5.92 Å². The average Bonchev–Trinajstić information content (AvgIpc) is 3.22. The normalized spacial score (nSPS) is 20.5. The minimum atomic E-state index is -1.34. The van der Waals surface area contributed by atoms with Gasteiger partial charge in [0, 0.05) is 13.0 Å². The second-order valence-electron chi connectivity index (χ2n) is 8.23. The van der Waals surface area contributed by atoms with Crippen LogP contribution < -0.4 is 22.1 Å². The number of rotatable bonds is 12. The van der Waals surface area contributed by atoms with Crippen molar-refractivity contribution in [2.45, 2.75) is 83.1 Å². The molecule has 12 heteroatoms. The molecule has 4 amide bonds. The molecular formula is C20H35N5O7. The first-order valence-corrected chi connectivity index (χ1v) is 10.8. The summed E-state index contributed by atoms with van der Waals surface area (Å²) in [5.41, 5.74) is 11.0. The van der Waals surface area contributed by atoms with Crippen molar-refractivity contribution in [2.75, 3.05) is 6.54 Å². The fourth-order valence-electron chi connectivity index (χ4n) is 3.44. The summed E-state index contributed by atoms with van der Waals surface area (Å²) >= 11 is 0. The Morgan fingerprint density at radius 1 is 1.16 bits per heavy atom. The van der Waals surface area contributed by atoms with Gasteiger partial charge < -0.3 is 37.2 Å². The number of aliphatic hydroxyl groups is 1. The molecule has 6 atom stereocenters. The standard InChI is InChI=1S/C20H35N5O7/c1-4-10(2)15(22)18(29)24-16(11(3)26)19(30)25-9-5-6-13(25)17(28)23-12(20(31)32)7-8-14(21)27/h10-13,15-16,26H,4-9,22H2,1-3H3,(H2,21,27)(H,23,28)(H,24,29)(H,31,32). The van der Waals surface area contributed by atoms with Crippen molar-refractivity contribution < 1.29 is 34.2 Å². The second-order valence-corrected chi connectivity index (χ2v) is 8.23. The van der Waals surface area contributed by atoms with Crippen LogP contribution in [0.15, 0.2) is 0 Å². The number of carbonyl (C=O) groups excluding carboxylic acids is 4. The molecule has 0 bridgehead atoms. The Morgan fingerprint density at radius 3 is 2.28 bits per heavy atom. The SMILES string of the molecule is CCC(C)C(N)C(=O)NC(C(=O)N1CCCC1C(=O)NC(CCC(N)=O)C(=O)O)C(C)O. The van der Waals surface area contributed by atoms with Gasteiger partial charge in [-0.2, -0.15) is 0 Å². The molecular weight excluding hydrogens is 422 g/mol. The van der Waals surface area contributed by atoms with Gasteiger partial charge in [-0.25, -0.2) is 4.79 Å². The van der Waals surface area contributed by atoms with Crippen molar-refractivity contribution in [2.24, 2.45) is 17.4 Å². The molecule has 1 saturated heterocycles. The maximum atomic E-state index is 13.1. The fraction of sp³-hybridized carbons (Fsp3) is 0.750. The minimum absolute atomic E-state index is 0.140. The number of aliphatic carboxylic acids is 1. The van der Waals surface area contributed by atoms with Crippen LogP contribution in [0.5, 0.6) is 0 Å². The van der Waals surface area contributed by atoms with E-state index < -0.39 is 59.9 Å². The molecule has 1 heterocycles. The van der Waals surface area contributed by atoms with Crippen molar-refractivity contribution in [1.82, 2.24) is 15.5 Å². The van der Waals surface area contributed by atoms with Gasteiger partial charge in [0.15, 0.2) is 0 Å². The molecule has 0 aromatic rings. The number of hydrogen-bond acceptors (Lipinski definition) is 7. The molecule has 0 aromatic heterocycles. The van der Waals surface area contributed by atoms with E-state index in [0.717, 1.165) is 0 Å². The van der Waals surface area contributed by atoms with Gasteiger partial charge in [0.2, 0.25) is 23.6 Å². The van der Waals surface area contributed by atoms with Crippen LogP contribution in [0.3, 0.4) is 0 Å². The van der Waals surface area contributed by atoms with E-state index in [9.17, 15) is 34.2 Å². The summed E-state index contributed by atoms with van der Waals surface area (Å²) in [6.07, 6.45) is -0.241. The molecule has 0 spiro atoms. The molecule has 1 fully saturated rings. The number of carboxylic acid groups (broad SMARTS) is 1. The number of carbonyl (C=O) groups is 5. The summed E-state index contributed by atoms with van der Waals surface area (Å²) in [6, 6.07) is -4.49. The van der Waals surface area contributed by atoms with Gasteiger partial charge >= 0.3 is 5.97 Å². The highest BCUT2D eigenvalue weighted by molar-refractivity contribution is 5.95. The second kappa shape index (κ2) is 12.3. The van der Waals surface area contributed by atoms with Crippen molar-refractivity contribution in [3.05, 3.63) is 0 Å². The van der Waals surface area contributed by atoms with Crippen LogP contribution in [0.4, 0.5) is 0 Å². The van der Waals surface area contributed by atoms with Gasteiger partial charge in [0.05, 0.1) is 12.1 Å². The van der Waals surface area contributed by atoms with Crippen molar-refractivity contribution in [3.8, 4) is 0 Å². The third-order valence-electron chi connectivity index (χ3n) is 5.74. The maximum absolute atomic E-state index is 13.1. The van der Waals surface area contributed by atoms with Gasteiger partial charge in [-0.15, -0.1) is 0 Å². The zero-order valence-corrected chi connectivity index (χ0v) is 18.7. The molecule has 182 valence electrons. The number of aliphatic hydroxyl groups excluding tert-OH is 1. The van der Waals surface area contributed by atoms with Crippen LogP contribution in [-0.4, -0.2) is 81.5 Å². The molecule has 0 aliphatic carbocycles. The molecule has 32 heavy (non-hydrogen) atoms. The van der Waals surface area contributed by atoms with E-state index in [1.54, 1.807) is 6.92 Å². The van der Waals surface area contributed by atoms with E-state index in [1.165, 1.54) is 11.8 Å². The van der Waals surface area contributed by atoms with Gasteiger partial charge in [-0.05, 0) is 32.1 Å². The van der Waals surface area contributed by atoms with E-state index in [1.807, 2.05) is 6.92 Å². The largest absolute Gasteiger partial charge is 0.480 e. The summed E-state index contributed by atoms with van der Waals surface area (Å²) in [5, 5.41) is 24.2. The van der Waals surface area contributed by atoms with Crippen molar-refractivity contribution in [1.29, 1.82) is 0 Å². The van der Waals surface area contributed by atoms with Gasteiger partial charge in [-0.3, -0.25) is 19.2 Å². The lowest BCUT2D eigenvalue weighted by Gasteiger charge is -2.31. The number of carboxylic acids is 1.